The molecule has 2 unspecified atom stereocenters. The van der Waals surface area contributed by atoms with Gasteiger partial charge in [-0.2, -0.15) is 0 Å². The molecule has 4 heteroatoms. The van der Waals surface area contributed by atoms with Crippen molar-refractivity contribution in [1.82, 2.24) is 10.6 Å². The molecule has 4 nitrogen and oxygen atoms in total. The number of amides is 1. The van der Waals surface area contributed by atoms with Gasteiger partial charge in [0.15, 0.2) is 0 Å². The Bertz CT molecular complexity index is 259. The lowest BCUT2D eigenvalue weighted by molar-refractivity contribution is 0.0522. The number of ether oxygens (including phenoxy) is 1. The second-order valence-corrected chi connectivity index (χ2v) is 6.23. The van der Waals surface area contributed by atoms with Gasteiger partial charge in [-0.1, -0.05) is 13.8 Å². The monoisotopic (exact) mass is 242 g/mol. The van der Waals surface area contributed by atoms with Crippen LogP contribution in [0.5, 0.6) is 0 Å². The van der Waals surface area contributed by atoms with Crippen LogP contribution in [-0.2, 0) is 4.74 Å². The third-order valence-corrected chi connectivity index (χ3v) is 2.62. The van der Waals surface area contributed by atoms with Gasteiger partial charge in [-0.05, 0) is 46.1 Å². The molecule has 0 aliphatic heterocycles. The number of carbonyl (C=O) groups excluding carboxylic acids is 1. The van der Waals surface area contributed by atoms with E-state index in [1.807, 2.05) is 20.8 Å². The van der Waals surface area contributed by atoms with Crippen molar-refractivity contribution in [3.05, 3.63) is 0 Å². The van der Waals surface area contributed by atoms with Crippen molar-refractivity contribution in [1.29, 1.82) is 0 Å². The molecule has 0 aromatic rings. The number of hydrogen-bond acceptors (Lipinski definition) is 3. The molecule has 0 aromatic heterocycles. The Morgan fingerprint density at radius 2 is 2.00 bits per heavy atom. The molecule has 1 fully saturated rings. The van der Waals surface area contributed by atoms with Gasteiger partial charge >= 0.3 is 6.09 Å². The zero-order valence-corrected chi connectivity index (χ0v) is 11.7. The molecular formula is C13H26N2O2. The van der Waals surface area contributed by atoms with E-state index in [2.05, 4.69) is 24.5 Å². The summed E-state index contributed by atoms with van der Waals surface area (Å²) in [5.41, 5.74) is -0.417. The van der Waals surface area contributed by atoms with Crippen LogP contribution in [0.2, 0.25) is 0 Å². The third kappa shape index (κ3) is 6.51. The molecule has 2 atom stereocenters. The van der Waals surface area contributed by atoms with Crippen LogP contribution in [-0.4, -0.2) is 30.3 Å². The summed E-state index contributed by atoms with van der Waals surface area (Å²) in [5, 5.41) is 6.31. The van der Waals surface area contributed by atoms with Gasteiger partial charge in [-0.3, -0.25) is 0 Å². The summed E-state index contributed by atoms with van der Waals surface area (Å²) >= 11 is 0. The summed E-state index contributed by atoms with van der Waals surface area (Å²) in [6, 6.07) is 0.679. The van der Waals surface area contributed by atoms with Crippen LogP contribution >= 0.6 is 0 Å². The van der Waals surface area contributed by atoms with Gasteiger partial charge in [0.2, 0.25) is 0 Å². The SMILES string of the molecule is CC(C)CCNC1CC1NC(=O)OC(C)(C)C. The average molecular weight is 242 g/mol. The number of nitrogens with one attached hydrogen (secondary N) is 2. The van der Waals surface area contributed by atoms with Crippen molar-refractivity contribution in [2.24, 2.45) is 5.92 Å². The first kappa shape index (κ1) is 14.3. The molecule has 100 valence electrons. The highest BCUT2D eigenvalue weighted by Gasteiger charge is 2.38. The normalized spacial score (nSPS) is 23.6. The van der Waals surface area contributed by atoms with Crippen molar-refractivity contribution >= 4 is 6.09 Å². The maximum Gasteiger partial charge on any atom is 0.407 e. The zero-order valence-electron chi connectivity index (χ0n) is 11.7. The highest BCUT2D eigenvalue weighted by Crippen LogP contribution is 2.22. The van der Waals surface area contributed by atoms with Crippen LogP contribution < -0.4 is 10.6 Å². The van der Waals surface area contributed by atoms with E-state index < -0.39 is 5.60 Å². The number of carbonyl (C=O) groups is 1. The van der Waals surface area contributed by atoms with Crippen molar-refractivity contribution in [2.45, 2.75) is 65.1 Å². The Labute approximate surface area is 104 Å². The third-order valence-electron chi connectivity index (χ3n) is 2.62. The van der Waals surface area contributed by atoms with Gasteiger partial charge in [0, 0.05) is 12.1 Å². The predicted molar refractivity (Wildman–Crippen MR) is 69.0 cm³/mol. The molecule has 1 rings (SSSR count). The van der Waals surface area contributed by atoms with E-state index in [9.17, 15) is 4.79 Å². The molecule has 1 aliphatic carbocycles. The molecule has 0 heterocycles. The average Bonchev–Trinajstić information content (AvgIpc) is 2.78. The highest BCUT2D eigenvalue weighted by molar-refractivity contribution is 5.68. The maximum atomic E-state index is 11.5. The first-order valence-electron chi connectivity index (χ1n) is 6.51. The second kappa shape index (κ2) is 5.71. The first-order chi connectivity index (χ1) is 7.78. The van der Waals surface area contributed by atoms with Gasteiger partial charge in [0.05, 0.1) is 0 Å². The number of rotatable bonds is 5. The Hall–Kier alpha value is -0.770. The smallest absolute Gasteiger partial charge is 0.407 e. The standard InChI is InChI=1S/C13H26N2O2/c1-9(2)6-7-14-10-8-11(10)15-12(16)17-13(3,4)5/h9-11,14H,6-8H2,1-5H3,(H,15,16). The fourth-order valence-electron chi connectivity index (χ4n) is 1.60. The van der Waals surface area contributed by atoms with Crippen LogP contribution in [0.25, 0.3) is 0 Å². The molecule has 1 aliphatic rings. The molecule has 0 aromatic carbocycles. The lowest BCUT2D eigenvalue weighted by Gasteiger charge is -2.19. The summed E-state index contributed by atoms with van der Waals surface area (Å²) in [6.45, 7) is 11.1. The summed E-state index contributed by atoms with van der Waals surface area (Å²) in [4.78, 5) is 11.5. The Morgan fingerprint density at radius 3 is 2.53 bits per heavy atom. The van der Waals surface area contributed by atoms with Gasteiger partial charge in [-0.15, -0.1) is 0 Å². The summed E-state index contributed by atoms with van der Waals surface area (Å²) in [7, 11) is 0. The lowest BCUT2D eigenvalue weighted by atomic mass is 10.1. The minimum Gasteiger partial charge on any atom is -0.444 e. The molecule has 2 N–H and O–H groups in total. The molecule has 1 amide bonds. The maximum absolute atomic E-state index is 11.5. The molecule has 0 saturated heterocycles. The number of hydrogen-bond donors (Lipinski definition) is 2. The minimum atomic E-state index is -0.417. The molecule has 0 radical (unpaired) electrons. The van der Waals surface area contributed by atoms with E-state index in [1.54, 1.807) is 0 Å². The van der Waals surface area contributed by atoms with Crippen LogP contribution in [0.1, 0.15) is 47.5 Å². The van der Waals surface area contributed by atoms with Gasteiger partial charge < -0.3 is 15.4 Å². The van der Waals surface area contributed by atoms with E-state index in [1.165, 1.54) is 6.42 Å². The summed E-state index contributed by atoms with van der Waals surface area (Å²) < 4.78 is 5.20. The van der Waals surface area contributed by atoms with E-state index in [0.29, 0.717) is 6.04 Å². The van der Waals surface area contributed by atoms with E-state index in [-0.39, 0.29) is 12.1 Å². The molecule has 0 spiro atoms. The molecule has 17 heavy (non-hydrogen) atoms. The van der Waals surface area contributed by atoms with Crippen molar-refractivity contribution < 1.29 is 9.53 Å². The van der Waals surface area contributed by atoms with Gasteiger partial charge in [0.25, 0.3) is 0 Å². The van der Waals surface area contributed by atoms with Crippen LogP contribution in [0.4, 0.5) is 4.79 Å². The molecule has 0 bridgehead atoms. The fraction of sp³-hybridized carbons (Fsp3) is 0.923. The Balaban J connectivity index is 2.09. The largest absolute Gasteiger partial charge is 0.444 e. The summed E-state index contributed by atoms with van der Waals surface area (Å²) in [5.74, 6) is 0.721. The molecule has 1 saturated carbocycles. The lowest BCUT2D eigenvalue weighted by Crippen LogP contribution is -2.36. The van der Waals surface area contributed by atoms with Gasteiger partial charge in [-0.25, -0.2) is 4.79 Å². The Kier molecular flexibility index (Phi) is 4.80. The Morgan fingerprint density at radius 1 is 1.35 bits per heavy atom. The van der Waals surface area contributed by atoms with Crippen LogP contribution in [0.3, 0.4) is 0 Å². The van der Waals surface area contributed by atoms with E-state index in [0.717, 1.165) is 18.9 Å². The fourth-order valence-corrected chi connectivity index (χ4v) is 1.60. The number of alkyl carbamates (subject to hydrolysis) is 1. The quantitative estimate of drug-likeness (QED) is 0.777. The van der Waals surface area contributed by atoms with E-state index >= 15 is 0 Å². The van der Waals surface area contributed by atoms with Crippen molar-refractivity contribution in [3.63, 3.8) is 0 Å². The second-order valence-electron chi connectivity index (χ2n) is 6.23. The van der Waals surface area contributed by atoms with Crippen molar-refractivity contribution in [2.75, 3.05) is 6.54 Å². The molecular weight excluding hydrogens is 216 g/mol. The summed E-state index contributed by atoms with van der Waals surface area (Å²) in [6.07, 6.45) is 1.88. The van der Waals surface area contributed by atoms with E-state index in [4.69, 9.17) is 4.74 Å². The minimum absolute atomic E-state index is 0.247. The first-order valence-corrected chi connectivity index (χ1v) is 6.51. The van der Waals surface area contributed by atoms with Crippen LogP contribution in [0.15, 0.2) is 0 Å². The predicted octanol–water partition coefficient (Wildman–Crippen LogP) is 2.29. The topological polar surface area (TPSA) is 50.4 Å². The van der Waals surface area contributed by atoms with Crippen molar-refractivity contribution in [3.8, 4) is 0 Å². The zero-order chi connectivity index (χ0) is 13.1. The highest BCUT2D eigenvalue weighted by atomic mass is 16.6. The van der Waals surface area contributed by atoms with Gasteiger partial charge in [0.1, 0.15) is 5.60 Å². The van der Waals surface area contributed by atoms with Crippen LogP contribution in [0, 0.1) is 5.92 Å².